The molecule has 0 aliphatic carbocycles. The Morgan fingerprint density at radius 1 is 0.680 bits per heavy atom. The number of esters is 1. The van der Waals surface area contributed by atoms with Gasteiger partial charge in [-0.05, 0) is 67.3 Å². The molecule has 2 heterocycles. The Morgan fingerprint density at radius 2 is 1.34 bits per heavy atom. The Labute approximate surface area is 292 Å². The van der Waals surface area contributed by atoms with E-state index in [-0.39, 0.29) is 5.97 Å². The number of rotatable bonds is 15. The van der Waals surface area contributed by atoms with Gasteiger partial charge in [0.15, 0.2) is 0 Å². The van der Waals surface area contributed by atoms with Crippen molar-refractivity contribution < 1.29 is 19.0 Å². The zero-order valence-corrected chi connectivity index (χ0v) is 28.2. The molecule has 0 atom stereocenters. The van der Waals surface area contributed by atoms with Crippen molar-refractivity contribution in [3.63, 3.8) is 0 Å². The fourth-order valence-electron chi connectivity index (χ4n) is 5.55. The molecule has 0 unspecified atom stereocenters. The number of pyridine rings is 1. The Bertz CT molecular complexity index is 1880. The second-order valence-corrected chi connectivity index (χ2v) is 11.7. The van der Waals surface area contributed by atoms with Gasteiger partial charge >= 0.3 is 5.97 Å². The number of hydrogen-bond acceptors (Lipinski definition) is 11. The van der Waals surface area contributed by atoms with Crippen LogP contribution in [0.5, 0.6) is 11.6 Å². The molecule has 0 spiro atoms. The van der Waals surface area contributed by atoms with Crippen LogP contribution in [0.4, 0.5) is 22.7 Å². The molecule has 11 nitrogen and oxygen atoms in total. The van der Waals surface area contributed by atoms with Gasteiger partial charge in [0.05, 0.1) is 35.8 Å². The molecule has 0 saturated carbocycles. The van der Waals surface area contributed by atoms with Gasteiger partial charge in [-0.2, -0.15) is 15.3 Å². The van der Waals surface area contributed by atoms with Gasteiger partial charge in [0.1, 0.15) is 18.0 Å². The lowest BCUT2D eigenvalue weighted by Crippen LogP contribution is -2.47. The lowest BCUT2D eigenvalue weighted by atomic mass is 10.1. The monoisotopic (exact) mass is 671 g/mol. The summed E-state index contributed by atoms with van der Waals surface area (Å²) >= 11 is 0. The van der Waals surface area contributed by atoms with Crippen LogP contribution in [0, 0.1) is 0 Å². The van der Waals surface area contributed by atoms with E-state index in [2.05, 4.69) is 47.4 Å². The Kier molecular flexibility index (Phi) is 12.2. The number of fused-ring (bicyclic) bond motifs is 1. The molecule has 1 fully saturated rings. The minimum absolute atomic E-state index is 0.335. The Morgan fingerprint density at radius 3 is 2.04 bits per heavy atom. The highest BCUT2D eigenvalue weighted by Gasteiger charge is 2.17. The fourth-order valence-corrected chi connectivity index (χ4v) is 5.55. The van der Waals surface area contributed by atoms with Gasteiger partial charge < -0.3 is 19.1 Å². The number of azo groups is 2. The molecule has 256 valence electrons. The highest BCUT2D eigenvalue weighted by atomic mass is 16.5. The molecule has 0 bridgehead atoms. The van der Waals surface area contributed by atoms with Crippen LogP contribution in [0.1, 0.15) is 23.7 Å². The Hall–Kier alpha value is -5.52. The molecule has 0 N–H and O–H groups in total. The van der Waals surface area contributed by atoms with Gasteiger partial charge in [-0.15, -0.1) is 5.11 Å². The molecule has 11 heteroatoms. The van der Waals surface area contributed by atoms with Crippen LogP contribution in [0.2, 0.25) is 0 Å². The van der Waals surface area contributed by atoms with Crippen LogP contribution in [-0.2, 0) is 4.74 Å². The van der Waals surface area contributed by atoms with Crippen molar-refractivity contribution in [3.8, 4) is 11.6 Å². The largest absolute Gasteiger partial charge is 0.490 e. The maximum absolute atomic E-state index is 11.8. The topological polar surface area (TPSA) is 114 Å². The van der Waals surface area contributed by atoms with E-state index >= 15 is 0 Å². The van der Waals surface area contributed by atoms with Gasteiger partial charge in [0, 0.05) is 56.9 Å². The first-order chi connectivity index (χ1) is 24.6. The normalized spacial score (nSPS) is 14.0. The van der Waals surface area contributed by atoms with E-state index in [1.165, 1.54) is 6.20 Å². The number of carbonyl (C=O) groups excluding carboxylic acids is 1. The third kappa shape index (κ3) is 9.77. The van der Waals surface area contributed by atoms with Crippen LogP contribution >= 0.6 is 0 Å². The second-order valence-electron chi connectivity index (χ2n) is 11.7. The first kappa shape index (κ1) is 34.3. The lowest BCUT2D eigenvalue weighted by Gasteiger charge is -2.34. The average Bonchev–Trinajstić information content (AvgIpc) is 3.17. The van der Waals surface area contributed by atoms with Crippen molar-refractivity contribution in [2.75, 3.05) is 59.1 Å². The van der Waals surface area contributed by atoms with Crippen molar-refractivity contribution in [1.29, 1.82) is 0 Å². The number of piperazine rings is 1. The minimum Gasteiger partial charge on any atom is -0.490 e. The number of benzene rings is 4. The van der Waals surface area contributed by atoms with E-state index < -0.39 is 0 Å². The summed E-state index contributed by atoms with van der Waals surface area (Å²) in [5, 5.41) is 19.9. The fraction of sp³-hybridized carbons (Fsp3) is 0.282. The van der Waals surface area contributed by atoms with Crippen molar-refractivity contribution in [2.24, 2.45) is 20.5 Å². The quantitative estimate of drug-likeness (QED) is 0.0621. The van der Waals surface area contributed by atoms with Crippen LogP contribution in [0.3, 0.4) is 0 Å². The van der Waals surface area contributed by atoms with E-state index in [0.29, 0.717) is 48.4 Å². The molecule has 1 aliphatic rings. The summed E-state index contributed by atoms with van der Waals surface area (Å²) in [6, 6.07) is 32.7. The number of aromatic nitrogens is 1. The van der Waals surface area contributed by atoms with Gasteiger partial charge in [0.2, 0.25) is 5.88 Å². The molecule has 1 aliphatic heterocycles. The van der Waals surface area contributed by atoms with Crippen molar-refractivity contribution in [3.05, 3.63) is 115 Å². The summed E-state index contributed by atoms with van der Waals surface area (Å²) in [6.45, 7) is 8.96. The summed E-state index contributed by atoms with van der Waals surface area (Å²) in [5.41, 5.74) is 3.40. The molecule has 50 heavy (non-hydrogen) atoms. The third-order valence-electron chi connectivity index (χ3n) is 8.26. The van der Waals surface area contributed by atoms with E-state index in [1.807, 2.05) is 78.9 Å². The molecule has 0 amide bonds. The maximum Gasteiger partial charge on any atom is 0.339 e. The minimum atomic E-state index is -0.375. The molecular formula is C39H41N7O4. The number of nitrogens with zero attached hydrogens (tertiary/aromatic N) is 7. The number of ether oxygens (including phenoxy) is 3. The molecule has 1 aromatic heterocycles. The molecule has 4 aromatic carbocycles. The number of carbonyl (C=O) groups is 1. The number of hydrogen-bond donors (Lipinski definition) is 0. The van der Waals surface area contributed by atoms with Crippen molar-refractivity contribution in [2.45, 2.75) is 13.3 Å². The van der Waals surface area contributed by atoms with E-state index in [4.69, 9.17) is 14.2 Å². The average molecular weight is 672 g/mol. The highest BCUT2D eigenvalue weighted by Crippen LogP contribution is 2.37. The molecule has 5 aromatic rings. The summed E-state index contributed by atoms with van der Waals surface area (Å²) in [6.07, 6.45) is 2.39. The molecular weight excluding hydrogens is 630 g/mol. The van der Waals surface area contributed by atoms with Crippen LogP contribution in [-0.4, -0.2) is 79.8 Å². The van der Waals surface area contributed by atoms with Gasteiger partial charge in [0.25, 0.3) is 0 Å². The predicted octanol–water partition coefficient (Wildman–Crippen LogP) is 8.71. The second kappa shape index (κ2) is 17.8. The Balaban J connectivity index is 0.959. The zero-order valence-electron chi connectivity index (χ0n) is 28.2. The van der Waals surface area contributed by atoms with Crippen LogP contribution in [0.15, 0.2) is 130 Å². The van der Waals surface area contributed by atoms with Crippen molar-refractivity contribution in [1.82, 2.24) is 14.8 Å². The summed E-state index contributed by atoms with van der Waals surface area (Å²) < 4.78 is 17.1. The van der Waals surface area contributed by atoms with Gasteiger partial charge in [-0.25, -0.2) is 9.78 Å². The van der Waals surface area contributed by atoms with Gasteiger partial charge in [-0.1, -0.05) is 48.5 Å². The predicted molar refractivity (Wildman–Crippen MR) is 194 cm³/mol. The lowest BCUT2D eigenvalue weighted by molar-refractivity contribution is 0.0525. The first-order valence-electron chi connectivity index (χ1n) is 17.0. The van der Waals surface area contributed by atoms with Crippen molar-refractivity contribution >= 4 is 39.5 Å². The molecule has 6 rings (SSSR count). The SMILES string of the molecule is CCOC(=O)c1ccc(OCCCN2CCN(CCOc3ccc4ccccc4c3/N=N/c3ccc(/N=N/c4ccccc4)cc3)CC2)nc1. The van der Waals surface area contributed by atoms with E-state index in [0.717, 1.165) is 67.8 Å². The zero-order chi connectivity index (χ0) is 34.4. The summed E-state index contributed by atoms with van der Waals surface area (Å²) in [4.78, 5) is 20.9. The maximum atomic E-state index is 11.8. The molecule has 1 saturated heterocycles. The standard InChI is InChI=1S/C39H41N7O4/c1-2-48-39(47)31-14-20-37(40-29-31)50-27-8-21-45-22-24-46(25-23-45)26-28-49-36-19-13-30-9-6-7-12-35(30)38(36)44-43-34-17-15-33(16-18-34)42-41-32-10-4-3-5-11-32/h3-7,9-20,29H,2,8,21-28H2,1H3/b42-41+,44-43+. The van der Waals surface area contributed by atoms with Gasteiger partial charge in [-0.3, -0.25) is 4.90 Å². The summed E-state index contributed by atoms with van der Waals surface area (Å²) in [7, 11) is 0. The molecule has 0 radical (unpaired) electrons. The summed E-state index contributed by atoms with van der Waals surface area (Å²) in [5.74, 6) is 0.847. The smallest absolute Gasteiger partial charge is 0.339 e. The highest BCUT2D eigenvalue weighted by molar-refractivity contribution is 5.95. The van der Waals surface area contributed by atoms with Crippen LogP contribution in [0.25, 0.3) is 10.8 Å². The van der Waals surface area contributed by atoms with E-state index in [9.17, 15) is 4.79 Å². The third-order valence-corrected chi connectivity index (χ3v) is 8.26. The van der Waals surface area contributed by atoms with Crippen LogP contribution < -0.4 is 9.47 Å². The van der Waals surface area contributed by atoms with E-state index in [1.54, 1.807) is 19.1 Å². The first-order valence-corrected chi connectivity index (χ1v) is 17.0.